The van der Waals surface area contributed by atoms with Crippen LogP contribution in [0.4, 0.5) is 0 Å². The van der Waals surface area contributed by atoms with E-state index in [4.69, 9.17) is 0 Å². The Morgan fingerprint density at radius 2 is 1.67 bits per heavy atom. The Labute approximate surface area is 112 Å². The minimum Gasteiger partial charge on any atom is -0.356 e. The van der Waals surface area contributed by atoms with E-state index >= 15 is 0 Å². The number of hydrogen-bond donors (Lipinski definition) is 0. The molecule has 2 aliphatic rings. The molecular weight excluding hydrogens is 220 g/mol. The van der Waals surface area contributed by atoms with Gasteiger partial charge in [0.15, 0.2) is 0 Å². The summed E-state index contributed by atoms with van der Waals surface area (Å²) in [4.78, 5) is 5.20. The van der Waals surface area contributed by atoms with Crippen molar-refractivity contribution in [3.8, 4) is 0 Å². The van der Waals surface area contributed by atoms with Crippen LogP contribution in [0.2, 0.25) is 0 Å². The summed E-state index contributed by atoms with van der Waals surface area (Å²) in [5, 5.41) is 0. The molecule has 0 radical (unpaired) electrons. The maximum absolute atomic E-state index is 2.60. The Bertz CT molecular complexity index is 352. The standard InChI is InChI=1S/C16H28N2/c1-12(2)17-10-7-6-8-15-14(5)9-11-18(13(3)4)16(15)17/h6,8,12-14H,7,9-11H2,1-5H3. The molecule has 0 aliphatic carbocycles. The molecule has 0 aromatic carbocycles. The smallest absolute Gasteiger partial charge is 0.108 e. The number of hydrogen-bond acceptors (Lipinski definition) is 2. The molecule has 102 valence electrons. The second kappa shape index (κ2) is 5.38. The molecule has 2 aliphatic heterocycles. The van der Waals surface area contributed by atoms with E-state index in [1.54, 1.807) is 5.57 Å². The van der Waals surface area contributed by atoms with Crippen molar-refractivity contribution in [3.05, 3.63) is 23.5 Å². The third-order valence-corrected chi connectivity index (χ3v) is 4.22. The third kappa shape index (κ3) is 2.43. The molecule has 0 aromatic rings. The van der Waals surface area contributed by atoms with Crippen LogP contribution in [0, 0.1) is 5.92 Å². The van der Waals surface area contributed by atoms with Gasteiger partial charge in [0.1, 0.15) is 5.82 Å². The van der Waals surface area contributed by atoms with Gasteiger partial charge in [-0.15, -0.1) is 0 Å². The highest BCUT2D eigenvalue weighted by Crippen LogP contribution is 2.34. The highest BCUT2D eigenvalue weighted by atomic mass is 15.4. The summed E-state index contributed by atoms with van der Waals surface area (Å²) < 4.78 is 0. The van der Waals surface area contributed by atoms with Crippen molar-refractivity contribution in [1.29, 1.82) is 0 Å². The Balaban J connectivity index is 2.45. The van der Waals surface area contributed by atoms with E-state index in [0.717, 1.165) is 6.54 Å². The largest absolute Gasteiger partial charge is 0.356 e. The van der Waals surface area contributed by atoms with Gasteiger partial charge in [-0.25, -0.2) is 0 Å². The molecule has 2 heteroatoms. The van der Waals surface area contributed by atoms with Crippen molar-refractivity contribution in [1.82, 2.24) is 9.80 Å². The maximum Gasteiger partial charge on any atom is 0.108 e. The SMILES string of the molecule is CC1CCN(C(C)C)C2=C1C=CCCN2C(C)C. The zero-order valence-electron chi connectivity index (χ0n) is 12.6. The van der Waals surface area contributed by atoms with Crippen molar-refractivity contribution in [3.63, 3.8) is 0 Å². The zero-order chi connectivity index (χ0) is 13.3. The van der Waals surface area contributed by atoms with E-state index in [2.05, 4.69) is 56.6 Å². The van der Waals surface area contributed by atoms with Gasteiger partial charge in [-0.05, 0) is 52.0 Å². The first-order chi connectivity index (χ1) is 8.52. The molecule has 2 rings (SSSR count). The fraction of sp³-hybridized carbons (Fsp3) is 0.750. The van der Waals surface area contributed by atoms with Crippen LogP contribution in [0.25, 0.3) is 0 Å². The summed E-state index contributed by atoms with van der Waals surface area (Å²) in [5.41, 5.74) is 1.56. The van der Waals surface area contributed by atoms with Crippen LogP contribution in [-0.2, 0) is 0 Å². The Morgan fingerprint density at radius 3 is 2.28 bits per heavy atom. The minimum atomic E-state index is 0.585. The van der Waals surface area contributed by atoms with Crippen molar-refractivity contribution in [2.45, 2.75) is 59.5 Å². The second-order valence-corrected chi connectivity index (χ2v) is 6.23. The van der Waals surface area contributed by atoms with Gasteiger partial charge in [0, 0.05) is 25.2 Å². The predicted molar refractivity (Wildman–Crippen MR) is 78.2 cm³/mol. The molecule has 0 saturated heterocycles. The van der Waals surface area contributed by atoms with Crippen molar-refractivity contribution >= 4 is 0 Å². The van der Waals surface area contributed by atoms with Gasteiger partial charge in [0.05, 0.1) is 0 Å². The highest BCUT2D eigenvalue weighted by molar-refractivity contribution is 5.31. The topological polar surface area (TPSA) is 6.48 Å². The predicted octanol–water partition coefficient (Wildman–Crippen LogP) is 3.62. The second-order valence-electron chi connectivity index (χ2n) is 6.23. The van der Waals surface area contributed by atoms with Crippen LogP contribution in [0.5, 0.6) is 0 Å². The first-order valence-electron chi connectivity index (χ1n) is 7.46. The molecule has 18 heavy (non-hydrogen) atoms. The van der Waals surface area contributed by atoms with E-state index in [-0.39, 0.29) is 0 Å². The van der Waals surface area contributed by atoms with Gasteiger partial charge in [0.25, 0.3) is 0 Å². The van der Waals surface area contributed by atoms with Crippen molar-refractivity contribution in [2.75, 3.05) is 13.1 Å². The molecule has 0 fully saturated rings. The lowest BCUT2D eigenvalue weighted by Gasteiger charge is -2.45. The molecule has 0 spiro atoms. The molecule has 2 nitrogen and oxygen atoms in total. The van der Waals surface area contributed by atoms with Gasteiger partial charge in [0.2, 0.25) is 0 Å². The molecular formula is C16H28N2. The normalized spacial score (nSPS) is 24.9. The monoisotopic (exact) mass is 248 g/mol. The van der Waals surface area contributed by atoms with Crippen LogP contribution < -0.4 is 0 Å². The van der Waals surface area contributed by atoms with E-state index in [0.29, 0.717) is 18.0 Å². The van der Waals surface area contributed by atoms with Crippen molar-refractivity contribution < 1.29 is 0 Å². The summed E-state index contributed by atoms with van der Waals surface area (Å²) in [6.07, 6.45) is 7.20. The van der Waals surface area contributed by atoms with Gasteiger partial charge in [-0.1, -0.05) is 19.1 Å². The Morgan fingerprint density at radius 1 is 1.06 bits per heavy atom. The van der Waals surface area contributed by atoms with Crippen LogP contribution in [0.1, 0.15) is 47.5 Å². The summed E-state index contributed by atoms with van der Waals surface area (Å²) >= 11 is 0. The number of rotatable bonds is 2. The number of allylic oxidation sites excluding steroid dienone is 2. The fourth-order valence-corrected chi connectivity index (χ4v) is 3.09. The number of nitrogens with zero attached hydrogens (tertiary/aromatic N) is 2. The maximum atomic E-state index is 2.60. The Hall–Kier alpha value is -0.920. The molecule has 0 saturated carbocycles. The lowest BCUT2D eigenvalue weighted by atomic mass is 9.92. The third-order valence-electron chi connectivity index (χ3n) is 4.22. The average Bonchev–Trinajstić information content (AvgIpc) is 2.52. The molecule has 0 aromatic heterocycles. The van der Waals surface area contributed by atoms with Crippen LogP contribution >= 0.6 is 0 Å². The summed E-state index contributed by atoms with van der Waals surface area (Å²) in [6.45, 7) is 14.0. The van der Waals surface area contributed by atoms with Gasteiger partial charge in [-0.2, -0.15) is 0 Å². The first-order valence-corrected chi connectivity index (χ1v) is 7.46. The first kappa shape index (κ1) is 13.5. The highest BCUT2D eigenvalue weighted by Gasteiger charge is 2.30. The van der Waals surface area contributed by atoms with Crippen LogP contribution in [-0.4, -0.2) is 35.0 Å². The van der Waals surface area contributed by atoms with Crippen LogP contribution in [0.15, 0.2) is 23.5 Å². The van der Waals surface area contributed by atoms with Crippen LogP contribution in [0.3, 0.4) is 0 Å². The van der Waals surface area contributed by atoms with E-state index < -0.39 is 0 Å². The molecule has 0 amide bonds. The van der Waals surface area contributed by atoms with Crippen molar-refractivity contribution in [2.24, 2.45) is 5.92 Å². The van der Waals surface area contributed by atoms with Gasteiger partial charge < -0.3 is 9.80 Å². The van der Waals surface area contributed by atoms with Gasteiger partial charge in [-0.3, -0.25) is 0 Å². The van der Waals surface area contributed by atoms with E-state index in [1.165, 1.54) is 25.2 Å². The quantitative estimate of drug-likeness (QED) is 0.736. The molecule has 1 unspecified atom stereocenters. The minimum absolute atomic E-state index is 0.585. The lowest BCUT2D eigenvalue weighted by molar-refractivity contribution is 0.135. The fourth-order valence-electron chi connectivity index (χ4n) is 3.09. The molecule has 0 bridgehead atoms. The average molecular weight is 248 g/mol. The van der Waals surface area contributed by atoms with E-state index in [9.17, 15) is 0 Å². The molecule has 2 heterocycles. The molecule has 1 atom stereocenters. The van der Waals surface area contributed by atoms with E-state index in [1.807, 2.05) is 0 Å². The Kier molecular flexibility index (Phi) is 4.04. The molecule has 0 N–H and O–H groups in total. The summed E-state index contributed by atoms with van der Waals surface area (Å²) in [6, 6.07) is 1.18. The summed E-state index contributed by atoms with van der Waals surface area (Å²) in [7, 11) is 0. The van der Waals surface area contributed by atoms with Gasteiger partial charge >= 0.3 is 0 Å². The summed E-state index contributed by atoms with van der Waals surface area (Å²) in [5.74, 6) is 2.21. The lowest BCUT2D eigenvalue weighted by Crippen LogP contribution is -2.46. The zero-order valence-corrected chi connectivity index (χ0v) is 12.6.